The molecule has 3 N–H and O–H groups in total. The maximum absolute atomic E-state index is 5.98. The summed E-state index contributed by atoms with van der Waals surface area (Å²) in [5.74, 6) is 1.64. The van der Waals surface area contributed by atoms with E-state index in [1.165, 1.54) is 0 Å². The molecule has 0 spiro atoms. The van der Waals surface area contributed by atoms with E-state index in [4.69, 9.17) is 31.5 Å². The molecule has 0 heterocycles. The molecule has 0 aromatic heterocycles. The van der Waals surface area contributed by atoms with Crippen molar-refractivity contribution in [3.63, 3.8) is 0 Å². The van der Waals surface area contributed by atoms with E-state index in [1.807, 2.05) is 0 Å². The Hall–Kier alpha value is -2.27. The molecule has 2 aromatic rings. The summed E-state index contributed by atoms with van der Waals surface area (Å²) in [7, 11) is 4.69. The summed E-state index contributed by atoms with van der Waals surface area (Å²) in [4.78, 5) is 0. The van der Waals surface area contributed by atoms with Gasteiger partial charge in [-0.1, -0.05) is 11.6 Å². The Morgan fingerprint density at radius 3 is 2.10 bits per heavy atom. The largest absolute Gasteiger partial charge is 0.493 e. The Bertz CT molecular complexity index is 622. The van der Waals surface area contributed by atoms with Crippen molar-refractivity contribution < 1.29 is 14.2 Å². The maximum Gasteiger partial charge on any atom is 0.203 e. The van der Waals surface area contributed by atoms with Crippen molar-refractivity contribution >= 4 is 28.7 Å². The Labute approximate surface area is 128 Å². The van der Waals surface area contributed by atoms with Crippen LogP contribution in [0.3, 0.4) is 0 Å². The normalized spacial score (nSPS) is 10.1. The average molecular weight is 309 g/mol. The number of rotatable bonds is 5. The molecule has 112 valence electrons. The van der Waals surface area contributed by atoms with Gasteiger partial charge in [0.05, 0.1) is 32.7 Å². The summed E-state index contributed by atoms with van der Waals surface area (Å²) in [6.45, 7) is 0. The summed E-state index contributed by atoms with van der Waals surface area (Å²) >= 11 is 5.98. The number of methoxy groups -OCH3 is 3. The molecule has 5 nitrogen and oxygen atoms in total. The van der Waals surface area contributed by atoms with E-state index in [2.05, 4.69) is 5.32 Å². The molecule has 0 saturated carbocycles. The number of benzene rings is 2. The number of hydrogen-bond acceptors (Lipinski definition) is 5. The van der Waals surface area contributed by atoms with Crippen LogP contribution in [0.1, 0.15) is 0 Å². The molecule has 21 heavy (non-hydrogen) atoms. The summed E-state index contributed by atoms with van der Waals surface area (Å²) in [5.41, 5.74) is 7.97. The lowest BCUT2D eigenvalue weighted by atomic mass is 10.2. The second-order valence-electron chi connectivity index (χ2n) is 4.27. The van der Waals surface area contributed by atoms with Gasteiger partial charge in [0.15, 0.2) is 11.5 Å². The van der Waals surface area contributed by atoms with Gasteiger partial charge in [-0.3, -0.25) is 0 Å². The molecule has 0 unspecified atom stereocenters. The van der Waals surface area contributed by atoms with Crippen molar-refractivity contribution in [1.29, 1.82) is 0 Å². The fourth-order valence-corrected chi connectivity index (χ4v) is 2.12. The van der Waals surface area contributed by atoms with Crippen LogP contribution in [0.15, 0.2) is 30.3 Å². The Kier molecular flexibility index (Phi) is 4.65. The summed E-state index contributed by atoms with van der Waals surface area (Å²) in [6.07, 6.45) is 0. The second kappa shape index (κ2) is 6.45. The predicted octanol–water partition coefficient (Wildman–Crippen LogP) is 3.69. The number of nitrogens with one attached hydrogen (secondary N) is 1. The highest BCUT2D eigenvalue weighted by molar-refractivity contribution is 6.31. The van der Waals surface area contributed by atoms with E-state index in [9.17, 15) is 0 Å². The van der Waals surface area contributed by atoms with Gasteiger partial charge in [-0.2, -0.15) is 0 Å². The van der Waals surface area contributed by atoms with Crippen molar-refractivity contribution in [2.75, 3.05) is 32.4 Å². The summed E-state index contributed by atoms with van der Waals surface area (Å²) < 4.78 is 15.9. The fourth-order valence-electron chi connectivity index (χ4n) is 1.95. The molecule has 0 fully saturated rings. The van der Waals surface area contributed by atoms with Crippen LogP contribution in [0.25, 0.3) is 0 Å². The fraction of sp³-hybridized carbons (Fsp3) is 0.200. The smallest absolute Gasteiger partial charge is 0.203 e. The topological polar surface area (TPSA) is 65.7 Å². The van der Waals surface area contributed by atoms with Crippen LogP contribution >= 0.6 is 11.6 Å². The molecule has 0 aliphatic carbocycles. The maximum atomic E-state index is 5.98. The molecular formula is C15H17ClN2O3. The molecule has 0 bridgehead atoms. The highest BCUT2D eigenvalue weighted by atomic mass is 35.5. The number of nitrogen functional groups attached to an aromatic ring is 1. The second-order valence-corrected chi connectivity index (χ2v) is 4.71. The molecular weight excluding hydrogens is 292 g/mol. The van der Waals surface area contributed by atoms with Crippen LogP contribution in [0.5, 0.6) is 17.2 Å². The molecule has 0 aliphatic rings. The van der Waals surface area contributed by atoms with Gasteiger partial charge < -0.3 is 25.3 Å². The lowest BCUT2D eigenvalue weighted by Crippen LogP contribution is -1.99. The average Bonchev–Trinajstić information content (AvgIpc) is 2.49. The van der Waals surface area contributed by atoms with E-state index in [0.29, 0.717) is 33.6 Å². The Balaban J connectivity index is 2.42. The van der Waals surface area contributed by atoms with Gasteiger partial charge in [0.1, 0.15) is 0 Å². The third-order valence-corrected chi connectivity index (χ3v) is 3.19. The quantitative estimate of drug-likeness (QED) is 0.825. The van der Waals surface area contributed by atoms with E-state index in [0.717, 1.165) is 5.69 Å². The summed E-state index contributed by atoms with van der Waals surface area (Å²) in [5, 5.41) is 3.79. The SMILES string of the molecule is COc1cc(Nc2cc(Cl)ccc2N)cc(OC)c1OC. The van der Waals surface area contributed by atoms with Crippen LogP contribution < -0.4 is 25.3 Å². The molecule has 0 atom stereocenters. The predicted molar refractivity (Wildman–Crippen MR) is 85.2 cm³/mol. The molecule has 2 aromatic carbocycles. The first-order chi connectivity index (χ1) is 10.1. The molecule has 2 rings (SSSR count). The van der Waals surface area contributed by atoms with E-state index >= 15 is 0 Å². The van der Waals surface area contributed by atoms with Crippen molar-refractivity contribution in [1.82, 2.24) is 0 Å². The standard InChI is InChI=1S/C15H17ClN2O3/c1-19-13-7-10(8-14(20-2)15(13)21-3)18-12-6-9(16)4-5-11(12)17/h4-8,18H,17H2,1-3H3. The number of ether oxygens (including phenoxy) is 3. The zero-order valence-corrected chi connectivity index (χ0v) is 12.8. The highest BCUT2D eigenvalue weighted by Gasteiger charge is 2.13. The first kappa shape index (κ1) is 15.1. The molecule has 6 heteroatoms. The zero-order valence-electron chi connectivity index (χ0n) is 12.1. The van der Waals surface area contributed by atoms with Crippen molar-refractivity contribution in [3.05, 3.63) is 35.4 Å². The van der Waals surface area contributed by atoms with Gasteiger partial charge in [-0.15, -0.1) is 0 Å². The van der Waals surface area contributed by atoms with Crippen molar-refractivity contribution in [2.24, 2.45) is 0 Å². The van der Waals surface area contributed by atoms with Crippen molar-refractivity contribution in [3.8, 4) is 17.2 Å². The molecule has 0 saturated heterocycles. The van der Waals surface area contributed by atoms with Gasteiger partial charge in [-0.25, -0.2) is 0 Å². The Morgan fingerprint density at radius 2 is 1.57 bits per heavy atom. The van der Waals surface area contributed by atoms with Gasteiger partial charge in [0.25, 0.3) is 0 Å². The van der Waals surface area contributed by atoms with Crippen LogP contribution in [0, 0.1) is 0 Å². The van der Waals surface area contributed by atoms with Crippen LogP contribution in [-0.2, 0) is 0 Å². The van der Waals surface area contributed by atoms with E-state index < -0.39 is 0 Å². The first-order valence-corrected chi connectivity index (χ1v) is 6.59. The third kappa shape index (κ3) is 3.25. The molecule has 0 aliphatic heterocycles. The van der Waals surface area contributed by atoms with E-state index in [1.54, 1.807) is 51.7 Å². The minimum atomic E-state index is 0.532. The van der Waals surface area contributed by atoms with Gasteiger partial charge in [-0.05, 0) is 18.2 Å². The number of halogens is 1. The number of anilines is 3. The van der Waals surface area contributed by atoms with Crippen LogP contribution in [-0.4, -0.2) is 21.3 Å². The third-order valence-electron chi connectivity index (χ3n) is 2.96. The summed E-state index contributed by atoms with van der Waals surface area (Å²) in [6, 6.07) is 8.81. The lowest BCUT2D eigenvalue weighted by molar-refractivity contribution is 0.324. The zero-order chi connectivity index (χ0) is 15.4. The van der Waals surface area contributed by atoms with Gasteiger partial charge in [0, 0.05) is 22.8 Å². The van der Waals surface area contributed by atoms with Crippen LogP contribution in [0.2, 0.25) is 5.02 Å². The van der Waals surface area contributed by atoms with Crippen LogP contribution in [0.4, 0.5) is 17.1 Å². The Morgan fingerprint density at radius 1 is 0.952 bits per heavy atom. The highest BCUT2D eigenvalue weighted by Crippen LogP contribution is 2.41. The monoisotopic (exact) mass is 308 g/mol. The minimum absolute atomic E-state index is 0.532. The molecule has 0 amide bonds. The lowest BCUT2D eigenvalue weighted by Gasteiger charge is -2.16. The first-order valence-electron chi connectivity index (χ1n) is 6.21. The molecule has 0 radical (unpaired) electrons. The van der Waals surface area contributed by atoms with E-state index in [-0.39, 0.29) is 0 Å². The van der Waals surface area contributed by atoms with Crippen molar-refractivity contribution in [2.45, 2.75) is 0 Å². The van der Waals surface area contributed by atoms with Gasteiger partial charge in [0.2, 0.25) is 5.75 Å². The van der Waals surface area contributed by atoms with Gasteiger partial charge >= 0.3 is 0 Å². The minimum Gasteiger partial charge on any atom is -0.493 e. The number of hydrogen-bond donors (Lipinski definition) is 2. The number of nitrogens with two attached hydrogens (primary N) is 1.